The van der Waals surface area contributed by atoms with Gasteiger partial charge in [0.1, 0.15) is 0 Å². The van der Waals surface area contributed by atoms with Crippen molar-refractivity contribution in [1.29, 1.82) is 0 Å². The first kappa shape index (κ1) is 16.8. The lowest BCUT2D eigenvalue weighted by molar-refractivity contribution is 0.0236. The molecular weight excluding hydrogens is 218 g/mol. The molecule has 17 heavy (non-hydrogen) atoms. The molecule has 4 nitrogen and oxygen atoms in total. The molecule has 0 spiro atoms. The van der Waals surface area contributed by atoms with E-state index in [0.717, 1.165) is 6.42 Å². The van der Waals surface area contributed by atoms with Crippen LogP contribution in [0.1, 0.15) is 34.1 Å². The van der Waals surface area contributed by atoms with Crippen molar-refractivity contribution in [3.8, 4) is 0 Å². The number of rotatable bonds is 10. The van der Waals surface area contributed by atoms with Crippen molar-refractivity contribution in [3.05, 3.63) is 0 Å². The monoisotopic (exact) mass is 247 g/mol. The summed E-state index contributed by atoms with van der Waals surface area (Å²) in [4.78, 5) is 0. The number of ether oxygens (including phenoxy) is 1. The van der Waals surface area contributed by atoms with E-state index < -0.39 is 6.10 Å². The Bertz CT molecular complexity index is 174. The summed E-state index contributed by atoms with van der Waals surface area (Å²) in [7, 11) is 0. The van der Waals surface area contributed by atoms with Crippen molar-refractivity contribution in [2.24, 2.45) is 11.8 Å². The average Bonchev–Trinajstić information content (AvgIpc) is 2.23. The van der Waals surface area contributed by atoms with Crippen molar-refractivity contribution in [2.45, 2.75) is 46.3 Å². The molecule has 0 rings (SSSR count). The highest BCUT2D eigenvalue weighted by molar-refractivity contribution is 4.70. The van der Waals surface area contributed by atoms with Gasteiger partial charge in [0.15, 0.2) is 0 Å². The van der Waals surface area contributed by atoms with Crippen LogP contribution in [0.4, 0.5) is 0 Å². The summed E-state index contributed by atoms with van der Waals surface area (Å²) in [5.41, 5.74) is 0. The topological polar surface area (TPSA) is 61.7 Å². The second-order valence-corrected chi connectivity index (χ2v) is 5.50. The zero-order valence-corrected chi connectivity index (χ0v) is 11.6. The highest BCUT2D eigenvalue weighted by Crippen LogP contribution is 2.04. The lowest BCUT2D eigenvalue weighted by Gasteiger charge is -2.20. The zero-order chi connectivity index (χ0) is 13.3. The molecule has 0 aromatic carbocycles. The summed E-state index contributed by atoms with van der Waals surface area (Å²) in [6, 6.07) is 0.0646. The SMILES string of the molecule is CC(C)COCC(O)CNC(CO)CC(C)C. The van der Waals surface area contributed by atoms with E-state index in [1.807, 2.05) is 0 Å². The average molecular weight is 247 g/mol. The van der Waals surface area contributed by atoms with Crippen molar-refractivity contribution in [3.63, 3.8) is 0 Å². The maximum atomic E-state index is 9.67. The molecule has 0 saturated heterocycles. The van der Waals surface area contributed by atoms with Crippen LogP contribution >= 0.6 is 0 Å². The van der Waals surface area contributed by atoms with Crippen LogP contribution in [0.3, 0.4) is 0 Å². The minimum Gasteiger partial charge on any atom is -0.395 e. The molecule has 4 heteroatoms. The number of hydrogen-bond acceptors (Lipinski definition) is 4. The van der Waals surface area contributed by atoms with Crippen LogP contribution in [0.2, 0.25) is 0 Å². The second-order valence-electron chi connectivity index (χ2n) is 5.50. The van der Waals surface area contributed by atoms with Crippen LogP contribution in [0.15, 0.2) is 0 Å². The smallest absolute Gasteiger partial charge is 0.0897 e. The molecule has 0 aliphatic rings. The van der Waals surface area contributed by atoms with Crippen LogP contribution in [0, 0.1) is 11.8 Å². The van der Waals surface area contributed by atoms with E-state index in [1.54, 1.807) is 0 Å². The van der Waals surface area contributed by atoms with E-state index in [1.165, 1.54) is 0 Å². The molecule has 0 aliphatic carbocycles. The molecule has 0 aromatic heterocycles. The fourth-order valence-corrected chi connectivity index (χ4v) is 1.59. The summed E-state index contributed by atoms with van der Waals surface area (Å²) in [5, 5.41) is 22.0. The lowest BCUT2D eigenvalue weighted by atomic mass is 10.0. The summed E-state index contributed by atoms with van der Waals surface area (Å²) < 4.78 is 5.35. The first-order valence-corrected chi connectivity index (χ1v) is 6.55. The minimum atomic E-state index is -0.505. The Hall–Kier alpha value is -0.160. The van der Waals surface area contributed by atoms with Gasteiger partial charge >= 0.3 is 0 Å². The van der Waals surface area contributed by atoms with E-state index in [0.29, 0.717) is 31.6 Å². The molecule has 0 saturated carbocycles. The van der Waals surface area contributed by atoms with Crippen LogP contribution < -0.4 is 5.32 Å². The van der Waals surface area contributed by atoms with E-state index >= 15 is 0 Å². The predicted molar refractivity (Wildman–Crippen MR) is 70.0 cm³/mol. The third-order valence-corrected chi connectivity index (χ3v) is 2.38. The lowest BCUT2D eigenvalue weighted by Crippen LogP contribution is -2.40. The first-order chi connectivity index (χ1) is 7.95. The van der Waals surface area contributed by atoms with Gasteiger partial charge in [-0.05, 0) is 18.3 Å². The summed E-state index contributed by atoms with van der Waals surface area (Å²) in [6.07, 6.45) is 0.408. The van der Waals surface area contributed by atoms with E-state index in [2.05, 4.69) is 33.0 Å². The fourth-order valence-electron chi connectivity index (χ4n) is 1.59. The molecule has 0 amide bonds. The zero-order valence-electron chi connectivity index (χ0n) is 11.6. The largest absolute Gasteiger partial charge is 0.395 e. The number of aliphatic hydroxyl groups is 2. The first-order valence-electron chi connectivity index (χ1n) is 6.55. The van der Waals surface area contributed by atoms with Crippen molar-refractivity contribution in [2.75, 3.05) is 26.4 Å². The van der Waals surface area contributed by atoms with Crippen molar-refractivity contribution < 1.29 is 14.9 Å². The van der Waals surface area contributed by atoms with Crippen LogP contribution in [0.25, 0.3) is 0 Å². The Morgan fingerprint density at radius 2 is 1.71 bits per heavy atom. The van der Waals surface area contributed by atoms with E-state index in [4.69, 9.17) is 9.84 Å². The maximum Gasteiger partial charge on any atom is 0.0897 e. The molecule has 0 aliphatic heterocycles. The van der Waals surface area contributed by atoms with Gasteiger partial charge in [0, 0.05) is 19.2 Å². The van der Waals surface area contributed by atoms with Crippen molar-refractivity contribution >= 4 is 0 Å². The van der Waals surface area contributed by atoms with E-state index in [9.17, 15) is 5.11 Å². The van der Waals surface area contributed by atoms with Crippen LogP contribution in [-0.2, 0) is 4.74 Å². The minimum absolute atomic E-state index is 0.0646. The normalized spacial score (nSPS) is 15.5. The Morgan fingerprint density at radius 1 is 1.06 bits per heavy atom. The summed E-state index contributed by atoms with van der Waals surface area (Å²) in [5.74, 6) is 1.02. The third-order valence-electron chi connectivity index (χ3n) is 2.38. The molecule has 104 valence electrons. The number of nitrogens with one attached hydrogen (secondary N) is 1. The van der Waals surface area contributed by atoms with Crippen LogP contribution in [0.5, 0.6) is 0 Å². The highest BCUT2D eigenvalue weighted by atomic mass is 16.5. The second kappa shape index (κ2) is 9.83. The highest BCUT2D eigenvalue weighted by Gasteiger charge is 2.12. The molecule has 3 N–H and O–H groups in total. The third kappa shape index (κ3) is 10.7. The van der Waals surface area contributed by atoms with Gasteiger partial charge < -0.3 is 20.3 Å². The standard InChI is InChI=1S/C13H29NO3/c1-10(2)5-12(7-15)14-6-13(16)9-17-8-11(3)4/h10-16H,5-9H2,1-4H3. The number of hydrogen-bond donors (Lipinski definition) is 3. The van der Waals surface area contributed by atoms with Gasteiger partial charge in [-0.3, -0.25) is 0 Å². The maximum absolute atomic E-state index is 9.67. The fraction of sp³-hybridized carbons (Fsp3) is 1.00. The van der Waals surface area contributed by atoms with Gasteiger partial charge in [0.05, 0.1) is 19.3 Å². The number of aliphatic hydroxyl groups excluding tert-OH is 2. The Morgan fingerprint density at radius 3 is 2.18 bits per heavy atom. The Kier molecular flexibility index (Phi) is 9.74. The van der Waals surface area contributed by atoms with Gasteiger partial charge in [0.25, 0.3) is 0 Å². The molecule has 0 radical (unpaired) electrons. The van der Waals surface area contributed by atoms with Gasteiger partial charge in [-0.2, -0.15) is 0 Å². The molecule has 0 fully saturated rings. The Labute approximate surface area is 105 Å². The molecular formula is C13H29NO3. The molecule has 0 heterocycles. The molecule has 2 atom stereocenters. The Balaban J connectivity index is 3.62. The van der Waals surface area contributed by atoms with Crippen molar-refractivity contribution in [1.82, 2.24) is 5.32 Å². The van der Waals surface area contributed by atoms with Gasteiger partial charge in [0.2, 0.25) is 0 Å². The molecule has 0 aromatic rings. The molecule has 0 bridgehead atoms. The van der Waals surface area contributed by atoms with Gasteiger partial charge in [-0.25, -0.2) is 0 Å². The molecule has 2 unspecified atom stereocenters. The predicted octanol–water partition coefficient (Wildman–Crippen LogP) is 1.02. The quantitative estimate of drug-likeness (QED) is 0.539. The summed E-state index contributed by atoms with van der Waals surface area (Å²) in [6.45, 7) is 9.99. The summed E-state index contributed by atoms with van der Waals surface area (Å²) >= 11 is 0. The van der Waals surface area contributed by atoms with E-state index in [-0.39, 0.29) is 12.6 Å². The van der Waals surface area contributed by atoms with Gasteiger partial charge in [-0.15, -0.1) is 0 Å². The van der Waals surface area contributed by atoms with Gasteiger partial charge in [-0.1, -0.05) is 27.7 Å². The van der Waals surface area contributed by atoms with Crippen LogP contribution in [-0.4, -0.2) is 48.7 Å².